The highest BCUT2D eigenvalue weighted by Gasteiger charge is 2.30. The second-order valence-electron chi connectivity index (χ2n) is 8.51. The molecule has 0 aliphatic heterocycles. The minimum atomic E-state index is -4.43. The van der Waals surface area contributed by atoms with Gasteiger partial charge in [0.2, 0.25) is 5.76 Å². The van der Waals surface area contributed by atoms with Crippen molar-refractivity contribution >= 4 is 17.5 Å². The molecule has 0 saturated carbocycles. The second kappa shape index (κ2) is 9.33. The molecule has 1 aliphatic carbocycles. The number of alkyl halides is 3. The van der Waals surface area contributed by atoms with E-state index in [9.17, 15) is 22.8 Å². The van der Waals surface area contributed by atoms with Crippen LogP contribution in [0.15, 0.2) is 83.5 Å². The predicted octanol–water partition coefficient (Wildman–Crippen LogP) is 5.51. The summed E-state index contributed by atoms with van der Waals surface area (Å²) >= 11 is 0. The first-order valence-corrected chi connectivity index (χ1v) is 11.2. The normalized spacial score (nSPS) is 14.8. The zero-order valence-electron chi connectivity index (χ0n) is 18.8. The van der Waals surface area contributed by atoms with E-state index >= 15 is 0 Å². The number of hydrogen-bond donors (Lipinski definition) is 2. The highest BCUT2D eigenvalue weighted by molar-refractivity contribution is 6.08. The van der Waals surface area contributed by atoms with E-state index in [1.807, 2.05) is 12.1 Å². The zero-order chi connectivity index (χ0) is 25.3. The Kier molecular flexibility index (Phi) is 6.05. The van der Waals surface area contributed by atoms with E-state index < -0.39 is 11.7 Å². The van der Waals surface area contributed by atoms with E-state index in [4.69, 9.17) is 4.52 Å². The van der Waals surface area contributed by atoms with Gasteiger partial charge in [-0.2, -0.15) is 13.2 Å². The number of amides is 2. The van der Waals surface area contributed by atoms with E-state index in [-0.39, 0.29) is 23.6 Å². The van der Waals surface area contributed by atoms with Crippen LogP contribution < -0.4 is 10.6 Å². The first-order valence-electron chi connectivity index (χ1n) is 11.2. The second-order valence-corrected chi connectivity index (χ2v) is 8.51. The van der Waals surface area contributed by atoms with E-state index in [1.54, 1.807) is 30.3 Å². The van der Waals surface area contributed by atoms with Gasteiger partial charge in [-0.15, -0.1) is 0 Å². The van der Waals surface area contributed by atoms with Gasteiger partial charge >= 0.3 is 6.18 Å². The lowest BCUT2D eigenvalue weighted by Crippen LogP contribution is -2.35. The third-order valence-electron chi connectivity index (χ3n) is 6.09. The van der Waals surface area contributed by atoms with Crippen LogP contribution in [0, 0.1) is 0 Å². The molecule has 3 aromatic carbocycles. The molecule has 0 bridgehead atoms. The summed E-state index contributed by atoms with van der Waals surface area (Å²) in [4.78, 5) is 25.4. The van der Waals surface area contributed by atoms with E-state index in [1.165, 1.54) is 24.4 Å². The van der Waals surface area contributed by atoms with Crippen LogP contribution in [0.2, 0.25) is 0 Å². The van der Waals surface area contributed by atoms with Crippen LogP contribution >= 0.6 is 0 Å². The number of benzene rings is 3. The summed E-state index contributed by atoms with van der Waals surface area (Å²) in [6.45, 7) is 0. The zero-order valence-corrected chi connectivity index (χ0v) is 18.8. The van der Waals surface area contributed by atoms with Crippen molar-refractivity contribution in [1.82, 2.24) is 10.5 Å². The molecule has 1 aromatic heterocycles. The number of nitrogens with zero attached hydrogens (tertiary/aromatic N) is 1. The van der Waals surface area contributed by atoms with Gasteiger partial charge in [0, 0.05) is 23.4 Å². The average Bonchev–Trinajstić information content (AvgIpc) is 3.53. The Morgan fingerprint density at radius 2 is 1.64 bits per heavy atom. The fourth-order valence-electron chi connectivity index (χ4n) is 4.36. The summed E-state index contributed by atoms with van der Waals surface area (Å²) < 4.78 is 43.7. The lowest BCUT2D eigenvalue weighted by Gasteiger charge is -2.12. The van der Waals surface area contributed by atoms with E-state index in [0.29, 0.717) is 35.2 Å². The molecule has 1 atom stereocenters. The number of fused-ring (bicyclic) bond motifs is 1. The lowest BCUT2D eigenvalue weighted by atomic mass is 9.98. The minimum Gasteiger partial charge on any atom is -0.351 e. The van der Waals surface area contributed by atoms with E-state index in [0.717, 1.165) is 23.3 Å². The highest BCUT2D eigenvalue weighted by Crippen LogP contribution is 2.32. The highest BCUT2D eigenvalue weighted by atomic mass is 19.4. The summed E-state index contributed by atoms with van der Waals surface area (Å²) in [5.74, 6) is -0.567. The lowest BCUT2D eigenvalue weighted by molar-refractivity contribution is -0.137. The molecule has 0 fully saturated rings. The van der Waals surface area contributed by atoms with Gasteiger partial charge in [-0.05, 0) is 65.4 Å². The number of nitrogens with one attached hydrogen (secondary N) is 2. The standard InChI is InChI=1S/C27H20F3N3O3/c28-27(29,30)19-8-5-16(6-9-19)22-3-1-2-4-23(22)25(34)32-20-10-7-17-13-21(15-18(17)14-20)33-26(35)24-11-12-31-36-24/h1-12,14,21H,13,15H2,(H,32,34)(H,33,35). The van der Waals surface area contributed by atoms with Crippen LogP contribution in [-0.4, -0.2) is 23.0 Å². The molecule has 9 heteroatoms. The van der Waals surface area contributed by atoms with Crippen molar-refractivity contribution in [1.29, 1.82) is 0 Å². The Morgan fingerprint density at radius 1 is 0.889 bits per heavy atom. The van der Waals surface area contributed by atoms with Crippen molar-refractivity contribution < 1.29 is 27.3 Å². The quantitative estimate of drug-likeness (QED) is 0.386. The van der Waals surface area contributed by atoms with Crippen LogP contribution in [0.5, 0.6) is 0 Å². The van der Waals surface area contributed by atoms with Crippen molar-refractivity contribution in [2.75, 3.05) is 5.32 Å². The Labute approximate surface area is 204 Å². The third kappa shape index (κ3) is 4.86. The number of aromatic nitrogens is 1. The Morgan fingerprint density at radius 3 is 2.36 bits per heavy atom. The van der Waals surface area contributed by atoms with Gasteiger partial charge in [0.15, 0.2) is 0 Å². The van der Waals surface area contributed by atoms with Gasteiger partial charge in [0.05, 0.1) is 11.8 Å². The Bertz CT molecular complexity index is 1410. The minimum absolute atomic E-state index is 0.107. The molecule has 1 unspecified atom stereocenters. The summed E-state index contributed by atoms with van der Waals surface area (Å²) in [7, 11) is 0. The molecule has 2 N–H and O–H groups in total. The maximum absolute atomic E-state index is 13.1. The molecular weight excluding hydrogens is 471 g/mol. The maximum atomic E-state index is 13.1. The van der Waals surface area contributed by atoms with Gasteiger partial charge < -0.3 is 15.2 Å². The van der Waals surface area contributed by atoms with Crippen molar-refractivity contribution in [2.45, 2.75) is 25.1 Å². The van der Waals surface area contributed by atoms with Gasteiger partial charge in [-0.25, -0.2) is 0 Å². The smallest absolute Gasteiger partial charge is 0.351 e. The van der Waals surface area contributed by atoms with Crippen molar-refractivity contribution in [3.63, 3.8) is 0 Å². The molecule has 0 saturated heterocycles. The summed E-state index contributed by atoms with van der Waals surface area (Å²) in [5, 5.41) is 9.34. The molecule has 36 heavy (non-hydrogen) atoms. The summed E-state index contributed by atoms with van der Waals surface area (Å²) in [6, 6.07) is 18.4. The van der Waals surface area contributed by atoms with Crippen LogP contribution in [-0.2, 0) is 19.0 Å². The molecule has 1 aliphatic rings. The molecular formula is C27H20F3N3O3. The van der Waals surface area contributed by atoms with Gasteiger partial charge in [-0.1, -0.05) is 41.6 Å². The van der Waals surface area contributed by atoms with Gasteiger partial charge in [-0.3, -0.25) is 9.59 Å². The first-order chi connectivity index (χ1) is 17.3. The molecule has 4 aromatic rings. The van der Waals surface area contributed by atoms with Crippen LogP contribution in [0.25, 0.3) is 11.1 Å². The van der Waals surface area contributed by atoms with Crippen molar-refractivity contribution in [2.24, 2.45) is 0 Å². The average molecular weight is 491 g/mol. The fraction of sp³-hybridized carbons (Fsp3) is 0.148. The van der Waals surface area contributed by atoms with Crippen molar-refractivity contribution in [3.05, 3.63) is 107 Å². The largest absolute Gasteiger partial charge is 0.416 e. The van der Waals surface area contributed by atoms with Crippen molar-refractivity contribution in [3.8, 4) is 11.1 Å². The molecule has 0 radical (unpaired) electrons. The molecule has 2 amide bonds. The van der Waals surface area contributed by atoms with Crippen LogP contribution in [0.3, 0.4) is 0 Å². The maximum Gasteiger partial charge on any atom is 0.416 e. The molecule has 6 nitrogen and oxygen atoms in total. The molecule has 1 heterocycles. The Hall–Kier alpha value is -4.40. The number of hydrogen-bond acceptors (Lipinski definition) is 4. The number of carbonyl (C=O) groups excluding carboxylic acids is 2. The molecule has 5 rings (SSSR count). The number of carbonyl (C=O) groups is 2. The Balaban J connectivity index is 1.30. The molecule has 182 valence electrons. The van der Waals surface area contributed by atoms with Gasteiger partial charge in [0.25, 0.3) is 11.8 Å². The summed E-state index contributed by atoms with van der Waals surface area (Å²) in [5.41, 5.74) is 3.29. The molecule has 0 spiro atoms. The number of halogens is 3. The van der Waals surface area contributed by atoms with Crippen LogP contribution in [0.4, 0.5) is 18.9 Å². The summed E-state index contributed by atoms with van der Waals surface area (Å²) in [6.07, 6.45) is -1.77. The van der Waals surface area contributed by atoms with Crippen LogP contribution in [0.1, 0.15) is 37.6 Å². The first kappa shape index (κ1) is 23.3. The SMILES string of the molecule is O=C(NC1Cc2ccc(NC(=O)c3ccccc3-c3ccc(C(F)(F)F)cc3)cc2C1)c1ccno1. The third-order valence-corrected chi connectivity index (χ3v) is 6.09. The van der Waals surface area contributed by atoms with Gasteiger partial charge in [0.1, 0.15) is 0 Å². The predicted molar refractivity (Wildman–Crippen MR) is 126 cm³/mol. The van der Waals surface area contributed by atoms with E-state index in [2.05, 4.69) is 15.8 Å². The fourth-order valence-corrected chi connectivity index (χ4v) is 4.36. The number of rotatable bonds is 5. The number of anilines is 1. The monoisotopic (exact) mass is 491 g/mol. The topological polar surface area (TPSA) is 84.2 Å².